The smallest absolute Gasteiger partial charge is 0.268 e. The van der Waals surface area contributed by atoms with Crippen molar-refractivity contribution in [2.24, 2.45) is 0 Å². The quantitative estimate of drug-likeness (QED) is 0.904. The van der Waals surface area contributed by atoms with Crippen LogP contribution in [0.15, 0.2) is 35.1 Å². The maximum atomic E-state index is 12.5. The van der Waals surface area contributed by atoms with Crippen LogP contribution in [-0.2, 0) is 0 Å². The first-order valence-electron chi connectivity index (χ1n) is 8.22. The second-order valence-corrected chi connectivity index (χ2v) is 7.59. The predicted octanol–water partition coefficient (Wildman–Crippen LogP) is 3.32. The van der Waals surface area contributed by atoms with Crippen LogP contribution in [0.1, 0.15) is 43.1 Å². The Morgan fingerprint density at radius 2 is 2.17 bits per heavy atom. The zero-order valence-corrected chi connectivity index (χ0v) is 14.1. The summed E-state index contributed by atoms with van der Waals surface area (Å²) in [6.45, 7) is 2.17. The van der Waals surface area contributed by atoms with Crippen molar-refractivity contribution in [3.63, 3.8) is 0 Å². The molecule has 0 aliphatic heterocycles. The average Bonchev–Trinajstić information content (AvgIpc) is 2.55. The number of carbonyl (C=O) groups excluding carboxylic acids is 1. The van der Waals surface area contributed by atoms with Crippen LogP contribution in [-0.4, -0.2) is 27.9 Å². The normalized spacial score (nSPS) is 21.3. The number of hydrogen-bond acceptors (Lipinski definition) is 3. The van der Waals surface area contributed by atoms with Crippen molar-refractivity contribution < 1.29 is 4.79 Å². The maximum Gasteiger partial charge on any atom is 0.268 e. The Labute approximate surface area is 140 Å². The molecule has 5 heteroatoms. The number of H-pyrrole nitrogens is 1. The van der Waals surface area contributed by atoms with Gasteiger partial charge in [0, 0.05) is 16.7 Å². The van der Waals surface area contributed by atoms with Crippen LogP contribution in [0.25, 0.3) is 10.8 Å². The van der Waals surface area contributed by atoms with E-state index < -0.39 is 0 Å². The van der Waals surface area contributed by atoms with E-state index in [2.05, 4.69) is 17.2 Å². The molecule has 2 atom stereocenters. The van der Waals surface area contributed by atoms with Crippen LogP contribution in [0.4, 0.5) is 0 Å². The van der Waals surface area contributed by atoms with E-state index in [1.165, 1.54) is 6.42 Å². The number of rotatable bonds is 4. The first kappa shape index (κ1) is 16.1. The highest BCUT2D eigenvalue weighted by Crippen LogP contribution is 2.28. The largest absolute Gasteiger partial charge is 0.348 e. The van der Waals surface area contributed by atoms with Gasteiger partial charge in [-0.05, 0) is 42.5 Å². The zero-order chi connectivity index (χ0) is 16.2. The number of aromatic nitrogens is 1. The number of nitrogens with one attached hydrogen (secondary N) is 2. The summed E-state index contributed by atoms with van der Waals surface area (Å²) in [5.41, 5.74) is 0.135. The molecule has 122 valence electrons. The molecular formula is C18H22N2O2S. The number of pyridine rings is 1. The molecule has 2 unspecified atom stereocenters. The Morgan fingerprint density at radius 1 is 1.35 bits per heavy atom. The highest BCUT2D eigenvalue weighted by Gasteiger charge is 2.23. The van der Waals surface area contributed by atoms with E-state index in [4.69, 9.17) is 0 Å². The van der Waals surface area contributed by atoms with Crippen LogP contribution in [0.2, 0.25) is 0 Å². The summed E-state index contributed by atoms with van der Waals surface area (Å²) < 4.78 is 0. The molecular weight excluding hydrogens is 308 g/mol. The fourth-order valence-corrected chi connectivity index (χ4v) is 4.43. The third-order valence-corrected chi connectivity index (χ3v) is 5.59. The summed E-state index contributed by atoms with van der Waals surface area (Å²) in [6, 6.07) is 9.28. The second kappa shape index (κ2) is 7.21. The van der Waals surface area contributed by atoms with Gasteiger partial charge in [-0.25, -0.2) is 0 Å². The molecule has 1 aliphatic rings. The topological polar surface area (TPSA) is 62.0 Å². The fraction of sp³-hybridized carbons (Fsp3) is 0.444. The Morgan fingerprint density at radius 3 is 3.00 bits per heavy atom. The lowest BCUT2D eigenvalue weighted by molar-refractivity contribution is 0.0923. The maximum absolute atomic E-state index is 12.5. The van der Waals surface area contributed by atoms with Gasteiger partial charge >= 0.3 is 0 Å². The molecule has 0 bridgehead atoms. The Bertz CT molecular complexity index is 754. The Balaban J connectivity index is 1.74. The van der Waals surface area contributed by atoms with Gasteiger partial charge < -0.3 is 10.3 Å². The molecule has 3 rings (SSSR count). The first-order chi connectivity index (χ1) is 11.2. The highest BCUT2D eigenvalue weighted by molar-refractivity contribution is 7.99. The van der Waals surface area contributed by atoms with Crippen molar-refractivity contribution in [3.8, 4) is 0 Å². The first-order valence-corrected chi connectivity index (χ1v) is 9.26. The van der Waals surface area contributed by atoms with Crippen molar-refractivity contribution in [1.82, 2.24) is 10.3 Å². The van der Waals surface area contributed by atoms with E-state index in [0.29, 0.717) is 16.3 Å². The van der Waals surface area contributed by atoms with Gasteiger partial charge in [-0.3, -0.25) is 9.59 Å². The molecule has 1 aromatic carbocycles. The van der Waals surface area contributed by atoms with E-state index in [0.717, 1.165) is 30.4 Å². The van der Waals surface area contributed by atoms with Crippen molar-refractivity contribution in [3.05, 3.63) is 46.4 Å². The predicted molar refractivity (Wildman–Crippen MR) is 96.2 cm³/mol. The lowest BCUT2D eigenvalue weighted by Crippen LogP contribution is -2.40. The zero-order valence-electron chi connectivity index (χ0n) is 13.3. The Hall–Kier alpha value is -1.75. The van der Waals surface area contributed by atoms with Crippen LogP contribution in [0.3, 0.4) is 0 Å². The molecule has 2 aromatic rings. The van der Waals surface area contributed by atoms with Gasteiger partial charge in [0.1, 0.15) is 5.69 Å². The van der Waals surface area contributed by atoms with Gasteiger partial charge in [0.15, 0.2) is 0 Å². The number of fused-ring (bicyclic) bond motifs is 1. The fourth-order valence-electron chi connectivity index (χ4n) is 3.26. The second-order valence-electron chi connectivity index (χ2n) is 6.01. The molecule has 1 aliphatic carbocycles. The summed E-state index contributed by atoms with van der Waals surface area (Å²) >= 11 is 1.97. The monoisotopic (exact) mass is 330 g/mol. The van der Waals surface area contributed by atoms with Gasteiger partial charge in [-0.15, -0.1) is 0 Å². The molecule has 23 heavy (non-hydrogen) atoms. The number of thioether (sulfide) groups is 1. The summed E-state index contributed by atoms with van der Waals surface area (Å²) in [5, 5.41) is 5.13. The lowest BCUT2D eigenvalue weighted by atomic mass is 9.95. The van der Waals surface area contributed by atoms with E-state index in [1.807, 2.05) is 30.0 Å². The molecule has 1 fully saturated rings. The lowest BCUT2D eigenvalue weighted by Gasteiger charge is -2.29. The van der Waals surface area contributed by atoms with Gasteiger partial charge in [-0.2, -0.15) is 11.8 Å². The molecule has 0 radical (unpaired) electrons. The molecule has 1 amide bonds. The molecule has 0 saturated heterocycles. The number of aromatic amines is 1. The summed E-state index contributed by atoms with van der Waals surface area (Å²) in [5.74, 6) is 0.934. The SMILES string of the molecule is CCSC1CCCC(NC(=O)c2cc3ccccc3c(=O)[nH]2)C1. The Kier molecular flexibility index (Phi) is 5.06. The van der Waals surface area contributed by atoms with E-state index in [9.17, 15) is 9.59 Å². The molecule has 0 spiro atoms. The van der Waals surface area contributed by atoms with Crippen LogP contribution in [0, 0.1) is 0 Å². The van der Waals surface area contributed by atoms with Crippen molar-refractivity contribution >= 4 is 28.4 Å². The van der Waals surface area contributed by atoms with Crippen molar-refractivity contribution in [2.45, 2.75) is 43.9 Å². The summed E-state index contributed by atoms with van der Waals surface area (Å²) in [7, 11) is 0. The number of benzene rings is 1. The molecule has 1 heterocycles. The molecule has 1 saturated carbocycles. The van der Waals surface area contributed by atoms with Gasteiger partial charge in [0.25, 0.3) is 11.5 Å². The molecule has 4 nitrogen and oxygen atoms in total. The number of carbonyl (C=O) groups is 1. The van der Waals surface area contributed by atoms with Gasteiger partial charge in [0.05, 0.1) is 0 Å². The summed E-state index contributed by atoms with van der Waals surface area (Å²) in [6.07, 6.45) is 4.42. The number of amides is 1. The standard InChI is InChI=1S/C18H22N2O2S/c1-2-23-14-8-5-7-13(11-14)19-18(22)16-10-12-6-3-4-9-15(12)17(21)20-16/h3-4,6,9-10,13-14H,2,5,7-8,11H2,1H3,(H,19,22)(H,20,21). The van der Waals surface area contributed by atoms with E-state index >= 15 is 0 Å². The third kappa shape index (κ3) is 3.78. The highest BCUT2D eigenvalue weighted by atomic mass is 32.2. The summed E-state index contributed by atoms with van der Waals surface area (Å²) in [4.78, 5) is 27.3. The van der Waals surface area contributed by atoms with Crippen LogP contribution < -0.4 is 10.9 Å². The van der Waals surface area contributed by atoms with E-state index in [1.54, 1.807) is 12.1 Å². The molecule has 1 aromatic heterocycles. The van der Waals surface area contributed by atoms with Crippen LogP contribution >= 0.6 is 11.8 Å². The minimum absolute atomic E-state index is 0.181. The third-order valence-electron chi connectivity index (χ3n) is 4.36. The van der Waals surface area contributed by atoms with Gasteiger partial charge in [0.2, 0.25) is 0 Å². The minimum atomic E-state index is -0.212. The van der Waals surface area contributed by atoms with Crippen molar-refractivity contribution in [1.29, 1.82) is 0 Å². The average molecular weight is 330 g/mol. The van der Waals surface area contributed by atoms with E-state index in [-0.39, 0.29) is 17.5 Å². The van der Waals surface area contributed by atoms with Crippen LogP contribution in [0.5, 0.6) is 0 Å². The molecule has 2 N–H and O–H groups in total. The van der Waals surface area contributed by atoms with Crippen molar-refractivity contribution in [2.75, 3.05) is 5.75 Å². The van der Waals surface area contributed by atoms with Gasteiger partial charge in [-0.1, -0.05) is 31.5 Å². The number of hydrogen-bond donors (Lipinski definition) is 2. The minimum Gasteiger partial charge on any atom is -0.348 e.